The molecule has 0 saturated heterocycles. The number of hydrogen-bond acceptors (Lipinski definition) is 4. The van der Waals surface area contributed by atoms with Crippen LogP contribution in [0.25, 0.3) is 0 Å². The molecule has 0 aromatic rings. The zero-order valence-electron chi connectivity index (χ0n) is 18.7. The molecule has 0 amide bonds. The van der Waals surface area contributed by atoms with E-state index < -0.39 is 6.10 Å². The second kappa shape index (κ2) is 16.0. The summed E-state index contributed by atoms with van der Waals surface area (Å²) in [5.74, 6) is 0.0569. The zero-order chi connectivity index (χ0) is 21.3. The Balaban J connectivity index is 2.00. The number of Topliss-reactive ketones (excluding diaryl/α,β-unsaturated/α-hetero) is 1. The van der Waals surface area contributed by atoms with Gasteiger partial charge in [0, 0.05) is 12.8 Å². The molecule has 4 heteroatoms. The number of hydrogen-bond donors (Lipinski definition) is 0. The van der Waals surface area contributed by atoms with Gasteiger partial charge in [0.05, 0.1) is 0 Å². The van der Waals surface area contributed by atoms with E-state index in [1.54, 1.807) is 6.92 Å². The Morgan fingerprint density at radius 1 is 0.931 bits per heavy atom. The van der Waals surface area contributed by atoms with Gasteiger partial charge in [-0.05, 0) is 45.4 Å². The Bertz CT molecular complexity index is 571. The summed E-state index contributed by atoms with van der Waals surface area (Å²) in [6.45, 7) is 5.80. The molecule has 1 heterocycles. The van der Waals surface area contributed by atoms with Crippen molar-refractivity contribution in [2.75, 3.05) is 0 Å². The Hall–Kier alpha value is -1.84. The molecule has 1 unspecified atom stereocenters. The molecule has 0 aliphatic carbocycles. The van der Waals surface area contributed by atoms with Crippen molar-refractivity contribution in [2.45, 2.75) is 110 Å². The summed E-state index contributed by atoms with van der Waals surface area (Å²) in [4.78, 5) is 23.9. The number of ether oxygens (including phenoxy) is 2. The highest BCUT2D eigenvalue weighted by Crippen LogP contribution is 2.25. The van der Waals surface area contributed by atoms with E-state index in [1.165, 1.54) is 38.5 Å². The Kier molecular flexibility index (Phi) is 13.9. The summed E-state index contributed by atoms with van der Waals surface area (Å²) in [7, 11) is 0. The average Bonchev–Trinajstić information content (AvgIpc) is 2.98. The minimum absolute atomic E-state index is 0.118. The Labute approximate surface area is 177 Å². The van der Waals surface area contributed by atoms with Gasteiger partial charge in [0.15, 0.2) is 6.10 Å². The first-order chi connectivity index (χ1) is 14.1. The highest BCUT2D eigenvalue weighted by molar-refractivity contribution is 6.00. The fraction of sp³-hybridized carbons (Fsp3) is 0.680. The van der Waals surface area contributed by atoms with E-state index in [-0.39, 0.29) is 17.5 Å². The van der Waals surface area contributed by atoms with Crippen molar-refractivity contribution in [3.05, 3.63) is 35.8 Å². The lowest BCUT2D eigenvalue weighted by Gasteiger charge is -2.05. The maximum absolute atomic E-state index is 12.0. The van der Waals surface area contributed by atoms with Crippen LogP contribution in [0.5, 0.6) is 0 Å². The molecular formula is C25H40O4. The molecule has 0 fully saturated rings. The van der Waals surface area contributed by atoms with Crippen LogP contribution in [0, 0.1) is 0 Å². The largest absolute Gasteiger partial charge is 0.483 e. The number of unbranched alkanes of at least 4 members (excludes halogenated alkanes) is 8. The molecule has 0 aromatic carbocycles. The molecule has 4 nitrogen and oxygen atoms in total. The lowest BCUT2D eigenvalue weighted by atomic mass is 10.1. The average molecular weight is 405 g/mol. The number of ketones is 1. The highest BCUT2D eigenvalue weighted by atomic mass is 16.6. The summed E-state index contributed by atoms with van der Waals surface area (Å²) >= 11 is 0. The van der Waals surface area contributed by atoms with E-state index in [1.807, 2.05) is 6.92 Å². The van der Waals surface area contributed by atoms with Crippen molar-refractivity contribution in [2.24, 2.45) is 0 Å². The molecule has 1 rings (SSSR count). The van der Waals surface area contributed by atoms with E-state index in [4.69, 9.17) is 9.47 Å². The molecule has 0 bridgehead atoms. The quantitative estimate of drug-likeness (QED) is 0.159. The lowest BCUT2D eigenvalue weighted by molar-refractivity contribution is -0.142. The molecule has 0 spiro atoms. The van der Waals surface area contributed by atoms with Crippen LogP contribution in [0.15, 0.2) is 35.8 Å². The summed E-state index contributed by atoms with van der Waals surface area (Å²) in [6.07, 6.45) is 22.0. The standard InChI is InChI=1S/C25H40O4/c1-4-6-7-8-9-10-11-12-13-14-15-16-17-18-19-20-23(26)29-25-22(5-2)28-21(3)24(25)27/h9-10,12-13,21H,4-8,11,14-20H2,1-3H3/b10-9-,13-12-. The first-order valence-electron chi connectivity index (χ1n) is 11.5. The zero-order valence-corrected chi connectivity index (χ0v) is 18.7. The van der Waals surface area contributed by atoms with Crippen molar-refractivity contribution in [3.8, 4) is 0 Å². The number of carbonyl (C=O) groups excluding carboxylic acids is 2. The van der Waals surface area contributed by atoms with Gasteiger partial charge in [-0.2, -0.15) is 0 Å². The number of carbonyl (C=O) groups is 2. The van der Waals surface area contributed by atoms with Gasteiger partial charge in [-0.1, -0.05) is 70.3 Å². The van der Waals surface area contributed by atoms with Crippen LogP contribution in [-0.2, 0) is 19.1 Å². The molecular weight excluding hydrogens is 364 g/mol. The highest BCUT2D eigenvalue weighted by Gasteiger charge is 2.33. The van der Waals surface area contributed by atoms with Gasteiger partial charge < -0.3 is 9.47 Å². The molecule has 0 N–H and O–H groups in total. The summed E-state index contributed by atoms with van der Waals surface area (Å²) in [6, 6.07) is 0. The normalized spacial score (nSPS) is 16.9. The molecule has 164 valence electrons. The van der Waals surface area contributed by atoms with Gasteiger partial charge in [-0.25, -0.2) is 0 Å². The first-order valence-corrected chi connectivity index (χ1v) is 11.5. The third kappa shape index (κ3) is 11.1. The van der Waals surface area contributed by atoms with E-state index >= 15 is 0 Å². The van der Waals surface area contributed by atoms with Gasteiger partial charge in [0.1, 0.15) is 5.76 Å². The van der Waals surface area contributed by atoms with Crippen LogP contribution in [0.4, 0.5) is 0 Å². The minimum Gasteiger partial charge on any atom is -0.483 e. The monoisotopic (exact) mass is 404 g/mol. The SMILES string of the molecule is CCCCC/C=C\C/C=C\CCCCCCCC(=O)OC1=C(CC)OC(C)C1=O. The maximum Gasteiger partial charge on any atom is 0.311 e. The van der Waals surface area contributed by atoms with Gasteiger partial charge >= 0.3 is 5.97 Å². The Morgan fingerprint density at radius 2 is 1.55 bits per heavy atom. The van der Waals surface area contributed by atoms with Crippen LogP contribution < -0.4 is 0 Å². The molecule has 1 aliphatic heterocycles. The van der Waals surface area contributed by atoms with E-state index in [9.17, 15) is 9.59 Å². The van der Waals surface area contributed by atoms with Gasteiger partial charge in [-0.3, -0.25) is 9.59 Å². The van der Waals surface area contributed by atoms with E-state index in [2.05, 4.69) is 31.2 Å². The summed E-state index contributed by atoms with van der Waals surface area (Å²) < 4.78 is 10.7. The first kappa shape index (κ1) is 25.2. The third-order valence-corrected chi connectivity index (χ3v) is 5.03. The summed E-state index contributed by atoms with van der Waals surface area (Å²) in [5.41, 5.74) is 0. The molecule has 0 saturated carbocycles. The molecule has 1 aliphatic rings. The van der Waals surface area contributed by atoms with Crippen molar-refractivity contribution < 1.29 is 19.1 Å². The third-order valence-electron chi connectivity index (χ3n) is 5.03. The van der Waals surface area contributed by atoms with Crippen LogP contribution in [0.2, 0.25) is 0 Å². The van der Waals surface area contributed by atoms with Crippen molar-refractivity contribution in [3.63, 3.8) is 0 Å². The Morgan fingerprint density at radius 3 is 2.21 bits per heavy atom. The summed E-state index contributed by atoms with van der Waals surface area (Å²) in [5, 5.41) is 0. The predicted molar refractivity (Wildman–Crippen MR) is 118 cm³/mol. The van der Waals surface area contributed by atoms with Crippen LogP contribution >= 0.6 is 0 Å². The smallest absolute Gasteiger partial charge is 0.311 e. The molecule has 1 atom stereocenters. The van der Waals surface area contributed by atoms with Crippen LogP contribution in [0.3, 0.4) is 0 Å². The number of rotatable bonds is 16. The molecule has 0 radical (unpaired) electrons. The lowest BCUT2D eigenvalue weighted by Crippen LogP contribution is -2.16. The van der Waals surface area contributed by atoms with Crippen LogP contribution in [-0.4, -0.2) is 17.9 Å². The molecule has 29 heavy (non-hydrogen) atoms. The fourth-order valence-corrected chi connectivity index (χ4v) is 3.24. The van der Waals surface area contributed by atoms with Crippen LogP contribution in [0.1, 0.15) is 104 Å². The van der Waals surface area contributed by atoms with E-state index in [0.29, 0.717) is 18.6 Å². The minimum atomic E-state index is -0.538. The molecule has 0 aromatic heterocycles. The second-order valence-corrected chi connectivity index (χ2v) is 7.68. The number of esters is 1. The van der Waals surface area contributed by atoms with Gasteiger partial charge in [0.25, 0.3) is 0 Å². The van der Waals surface area contributed by atoms with Crippen molar-refractivity contribution in [1.82, 2.24) is 0 Å². The number of allylic oxidation sites excluding steroid dienone is 5. The van der Waals surface area contributed by atoms with Crippen molar-refractivity contribution >= 4 is 11.8 Å². The van der Waals surface area contributed by atoms with Crippen molar-refractivity contribution in [1.29, 1.82) is 0 Å². The predicted octanol–water partition coefficient (Wildman–Crippen LogP) is 6.95. The maximum atomic E-state index is 12.0. The second-order valence-electron chi connectivity index (χ2n) is 7.68. The van der Waals surface area contributed by atoms with E-state index in [0.717, 1.165) is 32.1 Å². The fourth-order valence-electron chi connectivity index (χ4n) is 3.24. The topological polar surface area (TPSA) is 52.6 Å². The van der Waals surface area contributed by atoms with Gasteiger partial charge in [-0.15, -0.1) is 0 Å². The van der Waals surface area contributed by atoms with Gasteiger partial charge in [0.2, 0.25) is 11.5 Å².